The first-order valence-corrected chi connectivity index (χ1v) is 7.37. The second kappa shape index (κ2) is 4.39. The molecular weight excluding hydrogens is 214 g/mol. The molecule has 2 fully saturated rings. The minimum atomic E-state index is -3.04. The van der Waals surface area contributed by atoms with E-state index in [1.54, 1.807) is 11.2 Å². The molecule has 5 heteroatoms. The molecule has 15 heavy (non-hydrogen) atoms. The highest BCUT2D eigenvalue weighted by atomic mass is 32.2. The molecule has 0 N–H and O–H groups in total. The molecule has 0 aromatic heterocycles. The first-order chi connectivity index (χ1) is 7.15. The Balaban J connectivity index is 2.17. The van der Waals surface area contributed by atoms with Crippen LogP contribution < -0.4 is 0 Å². The summed E-state index contributed by atoms with van der Waals surface area (Å²) in [7, 11) is -3.04. The molecule has 1 saturated heterocycles. The summed E-state index contributed by atoms with van der Waals surface area (Å²) in [6, 6.07) is 0.109. The summed E-state index contributed by atoms with van der Waals surface area (Å²) in [5, 5.41) is 0. The van der Waals surface area contributed by atoms with Crippen LogP contribution >= 0.6 is 0 Å². The van der Waals surface area contributed by atoms with Crippen molar-refractivity contribution in [3.05, 3.63) is 0 Å². The van der Waals surface area contributed by atoms with Crippen molar-refractivity contribution in [3.8, 4) is 0 Å². The summed E-state index contributed by atoms with van der Waals surface area (Å²) < 4.78 is 31.1. The average Bonchev–Trinajstić information content (AvgIpc) is 2.28. The van der Waals surface area contributed by atoms with Gasteiger partial charge in [0.25, 0.3) is 0 Å². The van der Waals surface area contributed by atoms with E-state index in [0.717, 1.165) is 19.3 Å². The zero-order valence-electron chi connectivity index (χ0n) is 9.18. The molecule has 1 heterocycles. The molecule has 1 aliphatic carbocycles. The molecule has 4 nitrogen and oxygen atoms in total. The molecule has 1 aliphatic heterocycles. The predicted molar refractivity (Wildman–Crippen MR) is 58.2 cm³/mol. The molecule has 2 atom stereocenters. The molecular formula is C10H19NO3S. The van der Waals surface area contributed by atoms with Crippen LogP contribution in [0.2, 0.25) is 0 Å². The fourth-order valence-corrected chi connectivity index (χ4v) is 3.91. The third-order valence-electron chi connectivity index (χ3n) is 3.40. The lowest BCUT2D eigenvalue weighted by molar-refractivity contribution is -0.0585. The van der Waals surface area contributed by atoms with Gasteiger partial charge in [-0.2, -0.15) is 4.31 Å². The molecule has 0 unspecified atom stereocenters. The average molecular weight is 233 g/mol. The van der Waals surface area contributed by atoms with Crippen LogP contribution in [-0.2, 0) is 14.8 Å². The number of nitrogens with zero attached hydrogens (tertiary/aromatic N) is 1. The third kappa shape index (κ3) is 2.19. The number of morpholine rings is 1. The highest BCUT2D eigenvalue weighted by molar-refractivity contribution is 7.89. The Bertz CT molecular complexity index is 313. The number of rotatable bonds is 2. The number of hydrogen-bond acceptors (Lipinski definition) is 3. The van der Waals surface area contributed by atoms with Crippen molar-refractivity contribution in [2.45, 2.75) is 44.8 Å². The van der Waals surface area contributed by atoms with Crippen LogP contribution in [0.5, 0.6) is 0 Å². The van der Waals surface area contributed by atoms with Gasteiger partial charge in [-0.15, -0.1) is 0 Å². The van der Waals surface area contributed by atoms with E-state index in [0.29, 0.717) is 13.2 Å². The summed E-state index contributed by atoms with van der Waals surface area (Å²) in [4.78, 5) is 0. The van der Waals surface area contributed by atoms with Crippen molar-refractivity contribution in [3.63, 3.8) is 0 Å². The molecule has 0 bridgehead atoms. The van der Waals surface area contributed by atoms with E-state index in [1.807, 2.05) is 0 Å². The lowest BCUT2D eigenvalue weighted by Crippen LogP contribution is -2.55. The Morgan fingerprint density at radius 1 is 1.33 bits per heavy atom. The summed E-state index contributed by atoms with van der Waals surface area (Å²) in [5.74, 6) is 0.205. The molecule has 0 spiro atoms. The van der Waals surface area contributed by atoms with Crippen LogP contribution in [0.3, 0.4) is 0 Å². The van der Waals surface area contributed by atoms with Crippen molar-refractivity contribution in [2.75, 3.05) is 18.9 Å². The topological polar surface area (TPSA) is 46.6 Å². The molecule has 1 saturated carbocycles. The van der Waals surface area contributed by atoms with Gasteiger partial charge >= 0.3 is 0 Å². The van der Waals surface area contributed by atoms with Gasteiger partial charge in [0.2, 0.25) is 10.0 Å². The largest absolute Gasteiger partial charge is 0.375 e. The van der Waals surface area contributed by atoms with E-state index < -0.39 is 10.0 Å². The highest BCUT2D eigenvalue weighted by Crippen LogP contribution is 2.30. The second-order valence-corrected chi connectivity index (χ2v) is 6.48. The Labute approximate surface area is 91.6 Å². The molecule has 0 radical (unpaired) electrons. The Kier molecular flexibility index (Phi) is 3.33. The number of ether oxygens (including phenoxy) is 1. The van der Waals surface area contributed by atoms with E-state index in [-0.39, 0.29) is 17.9 Å². The number of hydrogen-bond donors (Lipinski definition) is 0. The zero-order chi connectivity index (χ0) is 10.9. The van der Waals surface area contributed by atoms with Crippen molar-refractivity contribution >= 4 is 10.0 Å². The lowest BCUT2D eigenvalue weighted by atomic mass is 9.91. The minimum absolute atomic E-state index is 0.109. The van der Waals surface area contributed by atoms with Gasteiger partial charge in [-0.25, -0.2) is 8.42 Å². The summed E-state index contributed by atoms with van der Waals surface area (Å²) >= 11 is 0. The van der Waals surface area contributed by atoms with Crippen molar-refractivity contribution in [2.24, 2.45) is 0 Å². The standard InChI is InChI=1S/C10H19NO3S/c1-2-15(12,13)11-7-8-14-10-6-4-3-5-9(10)11/h9-10H,2-8H2,1H3/t9-,10-/m1/s1. The third-order valence-corrected chi connectivity index (χ3v) is 5.30. The van der Waals surface area contributed by atoms with Gasteiger partial charge in [0, 0.05) is 6.54 Å². The Hall–Kier alpha value is -0.130. The summed E-state index contributed by atoms with van der Waals surface area (Å²) in [6.07, 6.45) is 4.42. The van der Waals surface area contributed by atoms with Crippen LogP contribution in [0.15, 0.2) is 0 Å². The molecule has 2 rings (SSSR count). The fraction of sp³-hybridized carbons (Fsp3) is 1.00. The molecule has 0 amide bonds. The highest BCUT2D eigenvalue weighted by Gasteiger charge is 2.39. The zero-order valence-corrected chi connectivity index (χ0v) is 10.0. The van der Waals surface area contributed by atoms with Gasteiger partial charge in [0.15, 0.2) is 0 Å². The van der Waals surface area contributed by atoms with Gasteiger partial charge in [0.1, 0.15) is 0 Å². The smallest absolute Gasteiger partial charge is 0.214 e. The lowest BCUT2D eigenvalue weighted by Gasteiger charge is -2.42. The normalized spacial score (nSPS) is 33.7. The predicted octanol–water partition coefficient (Wildman–Crippen LogP) is 0.979. The van der Waals surface area contributed by atoms with Gasteiger partial charge < -0.3 is 4.74 Å². The van der Waals surface area contributed by atoms with Crippen molar-refractivity contribution < 1.29 is 13.2 Å². The van der Waals surface area contributed by atoms with Crippen molar-refractivity contribution in [1.29, 1.82) is 0 Å². The molecule has 0 aromatic carbocycles. The quantitative estimate of drug-likeness (QED) is 0.714. The fourth-order valence-electron chi connectivity index (χ4n) is 2.57. The molecule has 2 aliphatic rings. The number of sulfonamides is 1. The first-order valence-electron chi connectivity index (χ1n) is 5.76. The van der Waals surface area contributed by atoms with Crippen LogP contribution in [0.25, 0.3) is 0 Å². The SMILES string of the molecule is CCS(=O)(=O)N1CCO[C@@H]2CCCC[C@H]21. The summed E-state index contributed by atoms with van der Waals surface area (Å²) in [6.45, 7) is 2.81. The van der Waals surface area contributed by atoms with Crippen LogP contribution in [0.1, 0.15) is 32.6 Å². The van der Waals surface area contributed by atoms with E-state index >= 15 is 0 Å². The van der Waals surface area contributed by atoms with Crippen LogP contribution in [0.4, 0.5) is 0 Å². The summed E-state index contributed by atoms with van der Waals surface area (Å²) in [5.41, 5.74) is 0. The first kappa shape index (κ1) is 11.4. The van der Waals surface area contributed by atoms with Gasteiger partial charge in [-0.3, -0.25) is 0 Å². The maximum Gasteiger partial charge on any atom is 0.214 e. The molecule has 0 aromatic rings. The Morgan fingerprint density at radius 3 is 2.80 bits per heavy atom. The second-order valence-electron chi connectivity index (χ2n) is 4.27. The minimum Gasteiger partial charge on any atom is -0.375 e. The molecule has 88 valence electrons. The number of fused-ring (bicyclic) bond motifs is 1. The van der Waals surface area contributed by atoms with Gasteiger partial charge in [0.05, 0.1) is 24.5 Å². The van der Waals surface area contributed by atoms with Crippen LogP contribution in [-0.4, -0.2) is 43.8 Å². The van der Waals surface area contributed by atoms with E-state index in [1.165, 1.54) is 6.42 Å². The van der Waals surface area contributed by atoms with Gasteiger partial charge in [-0.05, 0) is 19.8 Å². The van der Waals surface area contributed by atoms with Gasteiger partial charge in [-0.1, -0.05) is 12.8 Å². The maximum absolute atomic E-state index is 11.9. The Morgan fingerprint density at radius 2 is 2.07 bits per heavy atom. The van der Waals surface area contributed by atoms with Crippen LogP contribution in [0, 0.1) is 0 Å². The van der Waals surface area contributed by atoms with Crippen molar-refractivity contribution in [1.82, 2.24) is 4.31 Å². The van der Waals surface area contributed by atoms with E-state index in [2.05, 4.69) is 0 Å². The van der Waals surface area contributed by atoms with E-state index in [4.69, 9.17) is 4.74 Å². The van der Waals surface area contributed by atoms with E-state index in [9.17, 15) is 8.42 Å². The monoisotopic (exact) mass is 233 g/mol. The maximum atomic E-state index is 11.9.